The van der Waals surface area contributed by atoms with Crippen LogP contribution in [0.5, 0.6) is 0 Å². The Morgan fingerprint density at radius 2 is 1.82 bits per heavy atom. The van der Waals surface area contributed by atoms with E-state index in [2.05, 4.69) is 33.0 Å². The van der Waals surface area contributed by atoms with E-state index in [1.54, 1.807) is 0 Å². The summed E-state index contributed by atoms with van der Waals surface area (Å²) in [5.74, 6) is 1.30. The van der Waals surface area contributed by atoms with Crippen LogP contribution in [-0.2, 0) is 0 Å². The standard InChI is InChI=1S/C9H20ClN/c1-5-8(3)11-9(4)7(2)6-10/h7-9,11H,5-6H2,1-4H3. The summed E-state index contributed by atoms with van der Waals surface area (Å²) in [5, 5.41) is 3.50. The fraction of sp³-hybridized carbons (Fsp3) is 1.00. The molecule has 0 radical (unpaired) electrons. The summed E-state index contributed by atoms with van der Waals surface area (Å²) in [6, 6.07) is 1.14. The van der Waals surface area contributed by atoms with E-state index in [0.29, 0.717) is 18.0 Å². The van der Waals surface area contributed by atoms with E-state index in [1.165, 1.54) is 6.42 Å². The van der Waals surface area contributed by atoms with Crippen LogP contribution in [0.3, 0.4) is 0 Å². The molecule has 3 unspecified atom stereocenters. The van der Waals surface area contributed by atoms with Crippen molar-refractivity contribution in [3.05, 3.63) is 0 Å². The first-order chi connectivity index (χ1) is 5.11. The highest BCUT2D eigenvalue weighted by Crippen LogP contribution is 2.05. The third-order valence-electron chi connectivity index (χ3n) is 2.26. The molecule has 11 heavy (non-hydrogen) atoms. The zero-order valence-electron chi connectivity index (χ0n) is 8.02. The number of hydrogen-bond donors (Lipinski definition) is 1. The van der Waals surface area contributed by atoms with E-state index in [1.807, 2.05) is 0 Å². The Morgan fingerprint density at radius 3 is 2.18 bits per heavy atom. The minimum absolute atomic E-state index is 0.530. The molecule has 3 atom stereocenters. The fourth-order valence-corrected chi connectivity index (χ4v) is 1.13. The molecule has 0 rings (SSSR count). The third-order valence-corrected chi connectivity index (χ3v) is 2.74. The molecule has 0 aromatic rings. The molecule has 0 aliphatic rings. The predicted octanol–water partition coefficient (Wildman–Crippen LogP) is 2.64. The van der Waals surface area contributed by atoms with E-state index < -0.39 is 0 Å². The monoisotopic (exact) mass is 177 g/mol. The van der Waals surface area contributed by atoms with Gasteiger partial charge in [-0.3, -0.25) is 0 Å². The zero-order chi connectivity index (χ0) is 8.85. The molecule has 2 heteroatoms. The second-order valence-electron chi connectivity index (χ2n) is 3.40. The summed E-state index contributed by atoms with van der Waals surface area (Å²) in [6.07, 6.45) is 1.18. The third kappa shape index (κ3) is 4.65. The second-order valence-corrected chi connectivity index (χ2v) is 3.70. The number of nitrogens with one attached hydrogen (secondary N) is 1. The van der Waals surface area contributed by atoms with E-state index in [4.69, 9.17) is 11.6 Å². The van der Waals surface area contributed by atoms with E-state index in [-0.39, 0.29) is 0 Å². The van der Waals surface area contributed by atoms with Gasteiger partial charge in [0.15, 0.2) is 0 Å². The molecule has 0 saturated carbocycles. The van der Waals surface area contributed by atoms with Crippen molar-refractivity contribution in [2.24, 2.45) is 5.92 Å². The highest BCUT2D eigenvalue weighted by Gasteiger charge is 2.11. The Hall–Kier alpha value is 0.250. The lowest BCUT2D eigenvalue weighted by molar-refractivity contribution is 0.381. The number of halogens is 1. The van der Waals surface area contributed by atoms with Crippen LogP contribution in [0, 0.1) is 5.92 Å². The van der Waals surface area contributed by atoms with E-state index >= 15 is 0 Å². The van der Waals surface area contributed by atoms with Crippen LogP contribution < -0.4 is 5.32 Å². The molecule has 68 valence electrons. The Labute approximate surface area is 75.5 Å². The number of hydrogen-bond acceptors (Lipinski definition) is 1. The maximum Gasteiger partial charge on any atom is 0.0263 e. The summed E-state index contributed by atoms with van der Waals surface area (Å²) in [7, 11) is 0. The summed E-state index contributed by atoms with van der Waals surface area (Å²) < 4.78 is 0. The Balaban J connectivity index is 3.58. The molecule has 1 N–H and O–H groups in total. The van der Waals surface area contributed by atoms with Crippen molar-refractivity contribution in [2.75, 3.05) is 5.88 Å². The fourth-order valence-electron chi connectivity index (χ4n) is 0.865. The van der Waals surface area contributed by atoms with E-state index in [9.17, 15) is 0 Å². The molecule has 0 spiro atoms. The molecule has 0 amide bonds. The van der Waals surface area contributed by atoms with Crippen molar-refractivity contribution in [3.8, 4) is 0 Å². The molecule has 0 aliphatic carbocycles. The summed E-state index contributed by atoms with van der Waals surface area (Å²) >= 11 is 5.73. The molecule has 1 nitrogen and oxygen atoms in total. The average Bonchev–Trinajstić information content (AvgIpc) is 2.02. The first kappa shape index (κ1) is 11.2. The van der Waals surface area contributed by atoms with Gasteiger partial charge in [0.05, 0.1) is 0 Å². The van der Waals surface area contributed by atoms with Gasteiger partial charge in [0.2, 0.25) is 0 Å². The van der Waals surface area contributed by atoms with Crippen LogP contribution in [0.15, 0.2) is 0 Å². The SMILES string of the molecule is CCC(C)NC(C)C(C)CCl. The van der Waals surface area contributed by atoms with Gasteiger partial charge in [-0.15, -0.1) is 11.6 Å². The van der Waals surface area contributed by atoms with Gasteiger partial charge in [-0.1, -0.05) is 13.8 Å². The van der Waals surface area contributed by atoms with Gasteiger partial charge in [0.1, 0.15) is 0 Å². The van der Waals surface area contributed by atoms with Crippen molar-refractivity contribution in [1.82, 2.24) is 5.32 Å². The Morgan fingerprint density at radius 1 is 1.27 bits per heavy atom. The first-order valence-corrected chi connectivity index (χ1v) is 4.97. The Bertz CT molecular complexity index is 95.6. The maximum atomic E-state index is 5.73. The molecule has 0 aromatic heterocycles. The van der Waals surface area contributed by atoms with Gasteiger partial charge in [0.25, 0.3) is 0 Å². The summed E-state index contributed by atoms with van der Waals surface area (Å²) in [5.41, 5.74) is 0. The van der Waals surface area contributed by atoms with E-state index in [0.717, 1.165) is 5.88 Å². The van der Waals surface area contributed by atoms with Crippen LogP contribution in [0.4, 0.5) is 0 Å². The first-order valence-electron chi connectivity index (χ1n) is 4.43. The number of alkyl halides is 1. The highest BCUT2D eigenvalue weighted by atomic mass is 35.5. The van der Waals surface area contributed by atoms with Crippen LogP contribution in [0.1, 0.15) is 34.1 Å². The molecule has 0 heterocycles. The van der Waals surface area contributed by atoms with Crippen molar-refractivity contribution in [3.63, 3.8) is 0 Å². The Kier molecular flexibility index (Phi) is 5.98. The molecular formula is C9H20ClN. The predicted molar refractivity (Wildman–Crippen MR) is 52.2 cm³/mol. The van der Waals surface area contributed by atoms with Crippen LogP contribution in [0.2, 0.25) is 0 Å². The van der Waals surface area contributed by atoms with Gasteiger partial charge < -0.3 is 5.32 Å². The summed E-state index contributed by atoms with van der Waals surface area (Å²) in [4.78, 5) is 0. The van der Waals surface area contributed by atoms with Gasteiger partial charge >= 0.3 is 0 Å². The molecule has 0 aromatic carbocycles. The lowest BCUT2D eigenvalue weighted by Crippen LogP contribution is -2.38. The van der Waals surface area contributed by atoms with Crippen molar-refractivity contribution >= 4 is 11.6 Å². The maximum absolute atomic E-state index is 5.73. The minimum atomic E-state index is 0.530. The quantitative estimate of drug-likeness (QED) is 0.637. The van der Waals surface area contributed by atoms with Crippen molar-refractivity contribution < 1.29 is 0 Å². The molecule has 0 saturated heterocycles. The van der Waals surface area contributed by atoms with Crippen LogP contribution in [-0.4, -0.2) is 18.0 Å². The van der Waals surface area contributed by atoms with Gasteiger partial charge in [0, 0.05) is 18.0 Å². The smallest absolute Gasteiger partial charge is 0.0263 e. The molecule has 0 bridgehead atoms. The van der Waals surface area contributed by atoms with Gasteiger partial charge in [-0.05, 0) is 26.2 Å². The largest absolute Gasteiger partial charge is 0.311 e. The second kappa shape index (κ2) is 5.84. The minimum Gasteiger partial charge on any atom is -0.311 e. The van der Waals surface area contributed by atoms with Crippen molar-refractivity contribution in [2.45, 2.75) is 46.2 Å². The topological polar surface area (TPSA) is 12.0 Å². The zero-order valence-corrected chi connectivity index (χ0v) is 8.78. The van der Waals surface area contributed by atoms with Crippen molar-refractivity contribution in [1.29, 1.82) is 0 Å². The van der Waals surface area contributed by atoms with Crippen LogP contribution in [0.25, 0.3) is 0 Å². The molecule has 0 fully saturated rings. The highest BCUT2D eigenvalue weighted by molar-refractivity contribution is 6.18. The lowest BCUT2D eigenvalue weighted by atomic mass is 10.1. The van der Waals surface area contributed by atoms with Gasteiger partial charge in [-0.2, -0.15) is 0 Å². The number of rotatable bonds is 5. The molecule has 0 aliphatic heterocycles. The molecular weight excluding hydrogens is 158 g/mol. The van der Waals surface area contributed by atoms with Gasteiger partial charge in [-0.25, -0.2) is 0 Å². The average molecular weight is 178 g/mol. The normalized spacial score (nSPS) is 19.4. The summed E-state index contributed by atoms with van der Waals surface area (Å²) in [6.45, 7) is 8.76. The van der Waals surface area contributed by atoms with Crippen LogP contribution >= 0.6 is 11.6 Å². The lowest BCUT2D eigenvalue weighted by Gasteiger charge is -2.22.